The van der Waals surface area contributed by atoms with Crippen LogP contribution in [-0.2, 0) is 22.3 Å². The number of amides is 2. The Morgan fingerprint density at radius 2 is 1.94 bits per heavy atom. The molecule has 0 N–H and O–H groups in total. The van der Waals surface area contributed by atoms with Crippen LogP contribution in [-0.4, -0.2) is 33.7 Å². The van der Waals surface area contributed by atoms with Gasteiger partial charge in [0.15, 0.2) is 0 Å². The molecule has 1 saturated heterocycles. The predicted molar refractivity (Wildman–Crippen MR) is 112 cm³/mol. The summed E-state index contributed by atoms with van der Waals surface area (Å²) >= 11 is 0.700. The topological polar surface area (TPSA) is 81.8 Å². The van der Waals surface area contributed by atoms with Crippen LogP contribution >= 0.6 is 11.8 Å². The summed E-state index contributed by atoms with van der Waals surface area (Å²) in [4.78, 5) is 37.8. The van der Waals surface area contributed by atoms with Gasteiger partial charge in [0.25, 0.3) is 11.1 Å². The summed E-state index contributed by atoms with van der Waals surface area (Å²) in [7, 11) is 1.20. The molecule has 0 unspecified atom stereocenters. The lowest BCUT2D eigenvalue weighted by atomic mass is 10.2. The number of halogens is 3. The normalized spacial score (nSPS) is 15.5. The van der Waals surface area contributed by atoms with Crippen molar-refractivity contribution in [2.45, 2.75) is 12.7 Å². The molecule has 33 heavy (non-hydrogen) atoms. The Balaban J connectivity index is 1.57. The number of thioether (sulfide) groups is 1. The van der Waals surface area contributed by atoms with E-state index in [9.17, 15) is 27.6 Å². The van der Waals surface area contributed by atoms with E-state index >= 15 is 0 Å². The summed E-state index contributed by atoms with van der Waals surface area (Å²) in [5, 5.41) is -0.542. The van der Waals surface area contributed by atoms with Gasteiger partial charge in [-0.15, -0.1) is 0 Å². The predicted octanol–water partition coefficient (Wildman–Crippen LogP) is 5.11. The maximum Gasteiger partial charge on any atom is 0.416 e. The molecule has 4 rings (SSSR count). The second-order valence-electron chi connectivity index (χ2n) is 6.88. The molecular formula is C22H15F3N2O5S. The summed E-state index contributed by atoms with van der Waals surface area (Å²) in [6.07, 6.45) is -1.50. The molecule has 2 amide bonds. The molecule has 0 bridgehead atoms. The van der Waals surface area contributed by atoms with E-state index in [-0.39, 0.29) is 28.7 Å². The van der Waals surface area contributed by atoms with Crippen molar-refractivity contribution >= 4 is 35.0 Å². The number of furan rings is 1. The summed E-state index contributed by atoms with van der Waals surface area (Å²) in [5.41, 5.74) is -0.123. The molecular weight excluding hydrogens is 461 g/mol. The number of nitrogens with zero attached hydrogens (tertiary/aromatic N) is 2. The molecule has 0 saturated carbocycles. The van der Waals surface area contributed by atoms with Gasteiger partial charge in [-0.25, -0.2) is 4.79 Å². The van der Waals surface area contributed by atoms with Gasteiger partial charge >= 0.3 is 12.1 Å². The molecule has 170 valence electrons. The first-order valence-electron chi connectivity index (χ1n) is 9.45. The summed E-state index contributed by atoms with van der Waals surface area (Å²) < 4.78 is 50.6. The van der Waals surface area contributed by atoms with Crippen LogP contribution in [0.4, 0.5) is 18.0 Å². The van der Waals surface area contributed by atoms with Gasteiger partial charge in [0, 0.05) is 17.6 Å². The third-order valence-corrected chi connectivity index (χ3v) is 5.65. The van der Waals surface area contributed by atoms with Crippen LogP contribution in [0.3, 0.4) is 0 Å². The van der Waals surface area contributed by atoms with Crippen molar-refractivity contribution < 1.29 is 36.7 Å². The number of benzene rings is 1. The minimum Gasteiger partial charge on any atom is -0.463 e. The van der Waals surface area contributed by atoms with Crippen LogP contribution < -0.4 is 0 Å². The Hall–Kier alpha value is -3.73. The van der Waals surface area contributed by atoms with E-state index in [2.05, 4.69) is 4.74 Å². The summed E-state index contributed by atoms with van der Waals surface area (Å²) in [6.45, 7) is -0.187. The molecule has 1 fully saturated rings. The molecule has 3 aromatic rings. The number of aromatic nitrogens is 1. The number of rotatable bonds is 5. The number of ether oxygens (including phenoxy) is 1. The van der Waals surface area contributed by atoms with Crippen LogP contribution in [0.1, 0.15) is 27.6 Å². The number of imide groups is 1. The van der Waals surface area contributed by atoms with Crippen molar-refractivity contribution in [2.75, 3.05) is 7.11 Å². The lowest BCUT2D eigenvalue weighted by Gasteiger charge is -2.11. The fourth-order valence-corrected chi connectivity index (χ4v) is 4.00. The number of methoxy groups -OCH3 is 1. The van der Waals surface area contributed by atoms with E-state index in [1.54, 1.807) is 18.3 Å². The van der Waals surface area contributed by atoms with E-state index in [0.29, 0.717) is 17.5 Å². The maximum atomic E-state index is 13.1. The second kappa shape index (κ2) is 8.66. The molecule has 1 aromatic carbocycles. The highest BCUT2D eigenvalue weighted by atomic mass is 32.2. The van der Waals surface area contributed by atoms with E-state index in [1.165, 1.54) is 42.0 Å². The number of hydrogen-bond donors (Lipinski definition) is 0. The zero-order chi connectivity index (χ0) is 23.8. The largest absolute Gasteiger partial charge is 0.463 e. The van der Waals surface area contributed by atoms with E-state index < -0.39 is 28.9 Å². The van der Waals surface area contributed by atoms with Crippen molar-refractivity contribution in [3.63, 3.8) is 0 Å². The molecule has 0 aliphatic carbocycles. The van der Waals surface area contributed by atoms with E-state index in [4.69, 9.17) is 4.42 Å². The van der Waals surface area contributed by atoms with Crippen LogP contribution in [0.2, 0.25) is 0 Å². The van der Waals surface area contributed by atoms with Crippen LogP contribution in [0.15, 0.2) is 64.1 Å². The van der Waals surface area contributed by atoms with Crippen molar-refractivity contribution in [3.8, 4) is 5.69 Å². The standard InChI is InChI=1S/C22H15F3N2O5S/c1-31-20(29)17-8-7-16(32-17)12-27-19(28)18(33-21(27)30)11-15-6-3-9-26(15)14-5-2-4-13(10-14)22(23,24)25/h2-11H,12H2,1H3. The van der Waals surface area contributed by atoms with Crippen molar-refractivity contribution in [1.82, 2.24) is 9.47 Å². The molecule has 0 radical (unpaired) electrons. The van der Waals surface area contributed by atoms with Crippen molar-refractivity contribution in [2.24, 2.45) is 0 Å². The van der Waals surface area contributed by atoms with Crippen molar-refractivity contribution in [1.29, 1.82) is 0 Å². The first kappa shape index (κ1) is 22.5. The van der Waals surface area contributed by atoms with Gasteiger partial charge in [0.05, 0.1) is 24.1 Å². The van der Waals surface area contributed by atoms with Gasteiger partial charge in [0.2, 0.25) is 5.76 Å². The van der Waals surface area contributed by atoms with Gasteiger partial charge in [-0.2, -0.15) is 13.2 Å². The van der Waals surface area contributed by atoms with Crippen molar-refractivity contribution in [3.05, 3.63) is 82.4 Å². The molecule has 3 heterocycles. The molecule has 2 aromatic heterocycles. The smallest absolute Gasteiger partial charge is 0.416 e. The number of hydrogen-bond acceptors (Lipinski definition) is 6. The minimum atomic E-state index is -4.49. The van der Waals surface area contributed by atoms with Gasteiger partial charge in [-0.1, -0.05) is 6.07 Å². The SMILES string of the molecule is COC(=O)c1ccc(CN2C(=O)SC(=Cc3cccn3-c3cccc(C(F)(F)F)c3)C2=O)o1. The second-order valence-corrected chi connectivity index (χ2v) is 7.87. The highest BCUT2D eigenvalue weighted by Crippen LogP contribution is 2.35. The number of carbonyl (C=O) groups excluding carboxylic acids is 3. The fraction of sp³-hybridized carbons (Fsp3) is 0.136. The van der Waals surface area contributed by atoms with Crippen LogP contribution in [0.25, 0.3) is 11.8 Å². The summed E-state index contributed by atoms with van der Waals surface area (Å²) in [5.74, 6) is -1.12. The average Bonchev–Trinajstić information content (AvgIpc) is 3.50. The van der Waals surface area contributed by atoms with Crippen LogP contribution in [0.5, 0.6) is 0 Å². The molecule has 11 heteroatoms. The number of carbonyl (C=O) groups is 3. The Labute approximate surface area is 189 Å². The zero-order valence-corrected chi connectivity index (χ0v) is 17.8. The fourth-order valence-electron chi connectivity index (χ4n) is 3.18. The van der Waals surface area contributed by atoms with Gasteiger partial charge in [-0.05, 0) is 60.3 Å². The first-order valence-corrected chi connectivity index (χ1v) is 10.3. The molecule has 0 spiro atoms. The lowest BCUT2D eigenvalue weighted by Crippen LogP contribution is -2.27. The van der Waals surface area contributed by atoms with Gasteiger partial charge in [-0.3, -0.25) is 14.5 Å². The Morgan fingerprint density at radius 1 is 1.15 bits per heavy atom. The number of esters is 1. The molecule has 1 aliphatic heterocycles. The minimum absolute atomic E-state index is 0.0612. The lowest BCUT2D eigenvalue weighted by molar-refractivity contribution is -0.137. The third-order valence-electron chi connectivity index (χ3n) is 4.75. The molecule has 7 nitrogen and oxygen atoms in total. The van der Waals surface area contributed by atoms with E-state index in [1.807, 2.05) is 0 Å². The Bertz CT molecular complexity index is 1270. The van der Waals surface area contributed by atoms with E-state index in [0.717, 1.165) is 17.0 Å². The monoisotopic (exact) mass is 476 g/mol. The Morgan fingerprint density at radius 3 is 2.67 bits per heavy atom. The Kier molecular flexibility index (Phi) is 5.90. The first-order chi connectivity index (χ1) is 15.7. The van der Waals surface area contributed by atoms with Crippen LogP contribution in [0, 0.1) is 0 Å². The maximum absolute atomic E-state index is 13.1. The zero-order valence-electron chi connectivity index (χ0n) is 17.0. The van der Waals surface area contributed by atoms with Gasteiger partial charge < -0.3 is 13.7 Å². The highest BCUT2D eigenvalue weighted by molar-refractivity contribution is 8.18. The number of alkyl halides is 3. The summed E-state index contributed by atoms with van der Waals surface area (Å²) in [6, 6.07) is 10.8. The average molecular weight is 476 g/mol. The quantitative estimate of drug-likeness (QED) is 0.376. The van der Waals surface area contributed by atoms with Gasteiger partial charge in [0.1, 0.15) is 5.76 Å². The highest BCUT2D eigenvalue weighted by Gasteiger charge is 2.36. The molecule has 1 aliphatic rings. The third kappa shape index (κ3) is 4.58. The molecule has 0 atom stereocenters.